The Bertz CT molecular complexity index is 1110. The number of aromatic nitrogens is 2. The molecule has 1 atom stereocenters. The third kappa shape index (κ3) is 4.51. The van der Waals surface area contributed by atoms with Gasteiger partial charge < -0.3 is 9.80 Å². The van der Waals surface area contributed by atoms with Gasteiger partial charge in [0.2, 0.25) is 5.03 Å². The molecule has 10 heteroatoms. The van der Waals surface area contributed by atoms with Crippen molar-refractivity contribution in [3.8, 4) is 0 Å². The summed E-state index contributed by atoms with van der Waals surface area (Å²) in [6.07, 6.45) is 3.54. The number of sulfonamides is 1. The molecule has 0 aliphatic carbocycles. The number of carbonyl (C=O) groups excluding carboxylic acids is 1. The quantitative estimate of drug-likeness (QED) is 0.673. The van der Waals surface area contributed by atoms with Crippen LogP contribution in [0.2, 0.25) is 5.02 Å². The molecule has 2 fully saturated rings. The fraction of sp³-hybridized carbons (Fsp3) is 0.545. The Morgan fingerprint density at radius 1 is 1.16 bits per heavy atom. The number of piperidine rings is 1. The van der Waals surface area contributed by atoms with Crippen LogP contribution in [0.5, 0.6) is 0 Å². The second-order valence-electron chi connectivity index (χ2n) is 8.84. The lowest BCUT2D eigenvalue weighted by Gasteiger charge is -2.36. The van der Waals surface area contributed by atoms with Gasteiger partial charge in [-0.05, 0) is 43.4 Å². The number of rotatable bonds is 4. The highest BCUT2D eigenvalue weighted by molar-refractivity contribution is 7.89. The van der Waals surface area contributed by atoms with E-state index >= 15 is 0 Å². The van der Waals surface area contributed by atoms with Crippen LogP contribution in [0.1, 0.15) is 35.7 Å². The molecule has 0 bridgehead atoms. The molecule has 3 heterocycles. The Morgan fingerprint density at radius 3 is 2.56 bits per heavy atom. The largest absolute Gasteiger partial charge is 0.369 e. The molecule has 0 N–H and O–H groups in total. The molecule has 2 aliphatic heterocycles. The van der Waals surface area contributed by atoms with Gasteiger partial charge in [0.1, 0.15) is 0 Å². The van der Waals surface area contributed by atoms with E-state index in [0.29, 0.717) is 50.2 Å². The molecular formula is C22H30ClN5O3S. The van der Waals surface area contributed by atoms with E-state index in [9.17, 15) is 13.2 Å². The first-order valence-corrected chi connectivity index (χ1v) is 12.8. The van der Waals surface area contributed by atoms with Crippen LogP contribution in [0, 0.1) is 12.8 Å². The van der Waals surface area contributed by atoms with Gasteiger partial charge in [-0.3, -0.25) is 9.48 Å². The molecule has 0 saturated carbocycles. The number of piperazine rings is 1. The van der Waals surface area contributed by atoms with Gasteiger partial charge in [-0.2, -0.15) is 9.40 Å². The summed E-state index contributed by atoms with van der Waals surface area (Å²) in [5.74, 6) is 0.156. The summed E-state index contributed by atoms with van der Waals surface area (Å²) in [7, 11) is -2.24. The van der Waals surface area contributed by atoms with E-state index in [-0.39, 0.29) is 16.5 Å². The number of aryl methyl sites for hydroxylation is 2. The number of likely N-dealkylation sites (tertiary alicyclic amines) is 1. The molecule has 174 valence electrons. The minimum atomic E-state index is -3.89. The normalized spacial score (nSPS) is 20.6. The van der Waals surface area contributed by atoms with Crippen molar-refractivity contribution in [1.29, 1.82) is 0 Å². The fourth-order valence-corrected chi connectivity index (χ4v) is 6.27. The van der Waals surface area contributed by atoms with Gasteiger partial charge in [0, 0.05) is 63.2 Å². The molecule has 1 aromatic carbocycles. The molecule has 1 amide bonds. The third-order valence-corrected chi connectivity index (χ3v) is 8.37. The number of anilines is 1. The molecule has 0 spiro atoms. The summed E-state index contributed by atoms with van der Waals surface area (Å²) in [4.78, 5) is 17.1. The van der Waals surface area contributed by atoms with Gasteiger partial charge in [0.15, 0.2) is 0 Å². The summed E-state index contributed by atoms with van der Waals surface area (Å²) in [5, 5.41) is 4.72. The predicted molar refractivity (Wildman–Crippen MR) is 125 cm³/mol. The lowest BCUT2D eigenvalue weighted by molar-refractivity contribution is 0.0679. The molecule has 2 aromatic rings. The van der Waals surface area contributed by atoms with Gasteiger partial charge in [0.05, 0.1) is 5.56 Å². The molecule has 4 rings (SSSR count). The first-order valence-electron chi connectivity index (χ1n) is 11.0. The van der Waals surface area contributed by atoms with Crippen molar-refractivity contribution in [2.45, 2.75) is 31.7 Å². The number of carbonyl (C=O) groups is 1. The van der Waals surface area contributed by atoms with Crippen LogP contribution in [-0.2, 0) is 17.1 Å². The lowest BCUT2D eigenvalue weighted by atomic mass is 10.00. The highest BCUT2D eigenvalue weighted by Crippen LogP contribution is 2.28. The number of hydrogen-bond donors (Lipinski definition) is 0. The van der Waals surface area contributed by atoms with Crippen molar-refractivity contribution in [2.24, 2.45) is 13.0 Å². The summed E-state index contributed by atoms with van der Waals surface area (Å²) in [5.41, 5.74) is 2.27. The van der Waals surface area contributed by atoms with Crippen LogP contribution < -0.4 is 4.90 Å². The van der Waals surface area contributed by atoms with E-state index in [0.717, 1.165) is 24.1 Å². The first-order chi connectivity index (χ1) is 15.2. The minimum Gasteiger partial charge on any atom is -0.369 e. The minimum absolute atomic E-state index is 0.143. The van der Waals surface area contributed by atoms with Crippen LogP contribution in [0.3, 0.4) is 0 Å². The highest BCUT2D eigenvalue weighted by atomic mass is 35.5. The van der Waals surface area contributed by atoms with E-state index in [2.05, 4.69) is 16.9 Å². The molecule has 0 unspecified atom stereocenters. The molecule has 8 nitrogen and oxygen atoms in total. The molecule has 2 aliphatic rings. The average molecular weight is 480 g/mol. The molecule has 1 aromatic heterocycles. The van der Waals surface area contributed by atoms with Crippen molar-refractivity contribution in [1.82, 2.24) is 19.0 Å². The average Bonchev–Trinajstić information content (AvgIpc) is 3.17. The maximum atomic E-state index is 13.5. The number of hydrogen-bond acceptors (Lipinski definition) is 5. The van der Waals surface area contributed by atoms with E-state index in [4.69, 9.17) is 11.6 Å². The van der Waals surface area contributed by atoms with E-state index < -0.39 is 10.0 Å². The topological polar surface area (TPSA) is 78.8 Å². The standard InChI is InChI=1S/C22H30ClN5O3S/c1-16-5-4-8-27(14-16)22(29)19-15-25(3)24-21(19)32(30,31)28-11-9-26(10-12-28)20-13-18(23)7-6-17(20)2/h6-7,13,15-16H,4-5,8-12,14H2,1-3H3/t16-/m1/s1. The summed E-state index contributed by atoms with van der Waals surface area (Å²) >= 11 is 6.16. The van der Waals surface area contributed by atoms with Crippen LogP contribution in [0.4, 0.5) is 5.69 Å². The zero-order valence-corrected chi connectivity index (χ0v) is 20.4. The Kier molecular flexibility index (Phi) is 6.51. The van der Waals surface area contributed by atoms with Crippen LogP contribution in [-0.4, -0.2) is 72.6 Å². The third-order valence-electron chi connectivity index (χ3n) is 6.30. The summed E-state index contributed by atoms with van der Waals surface area (Å²) < 4.78 is 29.8. The number of amides is 1. The SMILES string of the molecule is Cc1ccc(Cl)cc1N1CCN(S(=O)(=O)c2nn(C)cc2C(=O)N2CCC[C@@H](C)C2)CC1. The van der Waals surface area contributed by atoms with Crippen molar-refractivity contribution in [3.63, 3.8) is 0 Å². The van der Waals surface area contributed by atoms with Crippen molar-refractivity contribution in [3.05, 3.63) is 40.5 Å². The molecular weight excluding hydrogens is 450 g/mol. The van der Waals surface area contributed by atoms with Gasteiger partial charge in [-0.25, -0.2) is 8.42 Å². The smallest absolute Gasteiger partial charge is 0.263 e. The predicted octanol–water partition coefficient (Wildman–Crippen LogP) is 2.76. The zero-order valence-electron chi connectivity index (χ0n) is 18.8. The molecule has 2 saturated heterocycles. The Hall–Kier alpha value is -2.10. The molecule has 32 heavy (non-hydrogen) atoms. The summed E-state index contributed by atoms with van der Waals surface area (Å²) in [6, 6.07) is 5.73. The fourth-order valence-electron chi connectivity index (χ4n) is 4.56. The second-order valence-corrected chi connectivity index (χ2v) is 11.1. The number of benzene rings is 1. The van der Waals surface area contributed by atoms with Gasteiger partial charge in [-0.15, -0.1) is 0 Å². The van der Waals surface area contributed by atoms with Gasteiger partial charge in [-0.1, -0.05) is 24.6 Å². The van der Waals surface area contributed by atoms with E-state index in [1.165, 1.54) is 15.2 Å². The van der Waals surface area contributed by atoms with Gasteiger partial charge in [0.25, 0.3) is 15.9 Å². The van der Waals surface area contributed by atoms with E-state index in [1.54, 1.807) is 11.9 Å². The Balaban J connectivity index is 1.53. The highest BCUT2D eigenvalue weighted by Gasteiger charge is 2.36. The maximum absolute atomic E-state index is 13.5. The van der Waals surface area contributed by atoms with Crippen molar-refractivity contribution >= 4 is 33.2 Å². The maximum Gasteiger partial charge on any atom is 0.263 e. The van der Waals surface area contributed by atoms with Crippen molar-refractivity contribution < 1.29 is 13.2 Å². The first kappa shape index (κ1) is 23.1. The van der Waals surface area contributed by atoms with Crippen LogP contribution >= 0.6 is 11.6 Å². The number of halogens is 1. The summed E-state index contributed by atoms with van der Waals surface area (Å²) in [6.45, 7) is 7.14. The van der Waals surface area contributed by atoms with Gasteiger partial charge >= 0.3 is 0 Å². The monoisotopic (exact) mass is 479 g/mol. The zero-order chi connectivity index (χ0) is 23.0. The van der Waals surface area contributed by atoms with E-state index in [1.807, 2.05) is 25.1 Å². The Labute approximate surface area is 194 Å². The van der Waals surface area contributed by atoms with Crippen LogP contribution in [0.25, 0.3) is 0 Å². The molecule has 0 radical (unpaired) electrons. The lowest BCUT2D eigenvalue weighted by Crippen LogP contribution is -2.49. The second kappa shape index (κ2) is 9.03. The number of nitrogens with zero attached hydrogens (tertiary/aromatic N) is 5. The van der Waals surface area contributed by atoms with Crippen LogP contribution in [0.15, 0.2) is 29.4 Å². The Morgan fingerprint density at radius 2 is 1.88 bits per heavy atom. The van der Waals surface area contributed by atoms with Crippen molar-refractivity contribution in [2.75, 3.05) is 44.2 Å².